The van der Waals surface area contributed by atoms with E-state index in [1.807, 2.05) is 4.90 Å². The van der Waals surface area contributed by atoms with Crippen LogP contribution in [-0.4, -0.2) is 54.1 Å². The summed E-state index contributed by atoms with van der Waals surface area (Å²) in [5.74, 6) is -0.0790. The van der Waals surface area contributed by atoms with Gasteiger partial charge in [0.05, 0.1) is 25.2 Å². The average molecular weight is 238 g/mol. The Morgan fingerprint density at radius 3 is 2.94 bits per heavy atom. The second kappa shape index (κ2) is 3.98. The number of ether oxygens (including phenoxy) is 1. The van der Waals surface area contributed by atoms with Crippen LogP contribution in [0.3, 0.4) is 0 Å². The Morgan fingerprint density at radius 1 is 1.35 bits per heavy atom. The van der Waals surface area contributed by atoms with Gasteiger partial charge in [-0.25, -0.2) is 0 Å². The zero-order valence-corrected chi connectivity index (χ0v) is 10.1. The molecule has 0 aliphatic carbocycles. The number of hydrogen-bond donors (Lipinski definition) is 0. The van der Waals surface area contributed by atoms with E-state index in [2.05, 4.69) is 4.90 Å². The van der Waals surface area contributed by atoms with E-state index < -0.39 is 0 Å². The molecular weight excluding hydrogens is 220 g/mol. The summed E-state index contributed by atoms with van der Waals surface area (Å²) in [6, 6.07) is 0.0939. The van der Waals surface area contributed by atoms with Gasteiger partial charge in [0.15, 0.2) is 0 Å². The highest BCUT2D eigenvalue weighted by atomic mass is 16.5. The van der Waals surface area contributed by atoms with Crippen molar-refractivity contribution in [3.8, 4) is 0 Å². The Kier molecular flexibility index (Phi) is 2.58. The third-order valence-corrected chi connectivity index (χ3v) is 4.33. The maximum absolute atomic E-state index is 12.2. The molecule has 17 heavy (non-hydrogen) atoms. The van der Waals surface area contributed by atoms with Crippen LogP contribution in [0.4, 0.5) is 0 Å². The molecule has 3 saturated heterocycles. The number of carbonyl (C=O) groups is 2. The number of nitrogens with zero attached hydrogens (tertiary/aromatic N) is 2. The lowest BCUT2D eigenvalue weighted by atomic mass is 9.96. The number of esters is 1. The summed E-state index contributed by atoms with van der Waals surface area (Å²) in [5.41, 5.74) is 0. The fourth-order valence-corrected chi connectivity index (χ4v) is 3.50. The molecule has 0 radical (unpaired) electrons. The Labute approximate surface area is 101 Å². The number of methoxy groups -OCH3 is 1. The highest BCUT2D eigenvalue weighted by Gasteiger charge is 2.50. The molecule has 3 heterocycles. The van der Waals surface area contributed by atoms with Crippen molar-refractivity contribution in [2.75, 3.05) is 20.2 Å². The van der Waals surface area contributed by atoms with Gasteiger partial charge in [0.2, 0.25) is 5.91 Å². The quantitative estimate of drug-likeness (QED) is 0.612. The number of hydrogen-bond acceptors (Lipinski definition) is 4. The largest absolute Gasteiger partial charge is 0.469 e. The van der Waals surface area contributed by atoms with Crippen molar-refractivity contribution in [1.29, 1.82) is 0 Å². The van der Waals surface area contributed by atoms with E-state index in [-0.39, 0.29) is 30.0 Å². The average Bonchev–Trinajstić information content (AvgIpc) is 2.92. The van der Waals surface area contributed by atoms with Crippen molar-refractivity contribution in [3.05, 3.63) is 0 Å². The predicted molar refractivity (Wildman–Crippen MR) is 60.0 cm³/mol. The minimum atomic E-state index is -0.177. The Morgan fingerprint density at radius 2 is 2.18 bits per heavy atom. The van der Waals surface area contributed by atoms with Crippen molar-refractivity contribution in [3.63, 3.8) is 0 Å². The molecule has 3 rings (SSSR count). The maximum Gasteiger partial charge on any atom is 0.310 e. The van der Waals surface area contributed by atoms with Gasteiger partial charge in [-0.1, -0.05) is 0 Å². The first-order chi connectivity index (χ1) is 8.22. The van der Waals surface area contributed by atoms with Crippen molar-refractivity contribution in [2.24, 2.45) is 5.92 Å². The molecule has 3 aliphatic rings. The van der Waals surface area contributed by atoms with Crippen LogP contribution in [-0.2, 0) is 14.3 Å². The lowest BCUT2D eigenvalue weighted by Crippen LogP contribution is -2.47. The fourth-order valence-electron chi connectivity index (χ4n) is 3.50. The SMILES string of the molecule is COC(=O)[C@@H]1CC[C@@H]2N(C1)C(=O)[C@@H]1CCCN21. The maximum atomic E-state index is 12.2. The predicted octanol–water partition coefficient (Wildman–Crippen LogP) is 0.202. The highest BCUT2D eigenvalue weighted by Crippen LogP contribution is 2.37. The molecule has 0 saturated carbocycles. The molecule has 0 N–H and O–H groups in total. The lowest BCUT2D eigenvalue weighted by Gasteiger charge is -2.36. The van der Waals surface area contributed by atoms with Crippen molar-refractivity contribution in [2.45, 2.75) is 37.9 Å². The molecule has 3 aliphatic heterocycles. The molecule has 0 unspecified atom stereocenters. The molecule has 1 amide bonds. The zero-order chi connectivity index (χ0) is 12.0. The summed E-state index contributed by atoms with van der Waals surface area (Å²) in [6.45, 7) is 1.57. The van der Waals surface area contributed by atoms with Gasteiger partial charge in [-0.15, -0.1) is 0 Å². The number of rotatable bonds is 1. The smallest absolute Gasteiger partial charge is 0.310 e. The summed E-state index contributed by atoms with van der Waals surface area (Å²) in [5, 5.41) is 0. The van der Waals surface area contributed by atoms with Gasteiger partial charge >= 0.3 is 5.97 Å². The van der Waals surface area contributed by atoms with Gasteiger partial charge in [0, 0.05) is 13.1 Å². The van der Waals surface area contributed by atoms with Gasteiger partial charge in [-0.3, -0.25) is 14.5 Å². The van der Waals surface area contributed by atoms with Crippen molar-refractivity contribution >= 4 is 11.9 Å². The summed E-state index contributed by atoms with van der Waals surface area (Å²) >= 11 is 0. The normalized spacial score (nSPS) is 36.9. The second-order valence-corrected chi connectivity index (χ2v) is 5.16. The molecule has 0 aromatic rings. The molecule has 3 fully saturated rings. The van der Waals surface area contributed by atoms with Gasteiger partial charge in [0.1, 0.15) is 0 Å². The lowest BCUT2D eigenvalue weighted by molar-refractivity contribution is -0.149. The highest BCUT2D eigenvalue weighted by molar-refractivity contribution is 5.85. The topological polar surface area (TPSA) is 49.9 Å². The van der Waals surface area contributed by atoms with Crippen LogP contribution >= 0.6 is 0 Å². The van der Waals surface area contributed by atoms with Crippen LogP contribution in [0.2, 0.25) is 0 Å². The van der Waals surface area contributed by atoms with E-state index in [4.69, 9.17) is 4.74 Å². The molecule has 0 aromatic carbocycles. The number of piperidine rings is 1. The van der Waals surface area contributed by atoms with Crippen LogP contribution in [0, 0.1) is 5.92 Å². The number of fused-ring (bicyclic) bond motifs is 3. The molecule has 0 bridgehead atoms. The van der Waals surface area contributed by atoms with E-state index in [0.29, 0.717) is 6.54 Å². The molecule has 94 valence electrons. The van der Waals surface area contributed by atoms with Crippen LogP contribution in [0.15, 0.2) is 0 Å². The second-order valence-electron chi connectivity index (χ2n) is 5.16. The monoisotopic (exact) mass is 238 g/mol. The van der Waals surface area contributed by atoms with E-state index in [0.717, 1.165) is 32.2 Å². The van der Waals surface area contributed by atoms with Crippen molar-refractivity contribution in [1.82, 2.24) is 9.80 Å². The van der Waals surface area contributed by atoms with Crippen LogP contribution < -0.4 is 0 Å². The first-order valence-electron chi connectivity index (χ1n) is 6.36. The van der Waals surface area contributed by atoms with E-state index in [1.54, 1.807) is 0 Å². The third kappa shape index (κ3) is 1.56. The Balaban J connectivity index is 1.76. The first kappa shape index (κ1) is 11.0. The Bertz CT molecular complexity index is 358. The molecule has 0 spiro atoms. The minimum Gasteiger partial charge on any atom is -0.469 e. The Hall–Kier alpha value is -1.10. The molecular formula is C12H18N2O3. The summed E-state index contributed by atoms with van der Waals surface area (Å²) in [6.07, 6.45) is 4.10. The minimum absolute atomic E-state index is 0.0939. The molecule has 3 atom stereocenters. The van der Waals surface area contributed by atoms with Crippen LogP contribution in [0.25, 0.3) is 0 Å². The van der Waals surface area contributed by atoms with E-state index in [9.17, 15) is 9.59 Å². The zero-order valence-electron chi connectivity index (χ0n) is 10.1. The van der Waals surface area contributed by atoms with Crippen LogP contribution in [0.5, 0.6) is 0 Å². The van der Waals surface area contributed by atoms with E-state index in [1.165, 1.54) is 7.11 Å². The molecule has 5 heteroatoms. The van der Waals surface area contributed by atoms with Gasteiger partial charge in [-0.05, 0) is 25.7 Å². The number of carbonyl (C=O) groups excluding carboxylic acids is 2. The summed E-state index contributed by atoms with van der Waals surface area (Å²) in [4.78, 5) is 28.0. The van der Waals surface area contributed by atoms with Gasteiger partial charge in [0.25, 0.3) is 0 Å². The molecule has 0 aromatic heterocycles. The van der Waals surface area contributed by atoms with Crippen LogP contribution in [0.1, 0.15) is 25.7 Å². The van der Waals surface area contributed by atoms with E-state index >= 15 is 0 Å². The van der Waals surface area contributed by atoms with Crippen molar-refractivity contribution < 1.29 is 14.3 Å². The molecule has 5 nitrogen and oxygen atoms in total. The summed E-state index contributed by atoms with van der Waals surface area (Å²) in [7, 11) is 1.42. The first-order valence-corrected chi connectivity index (χ1v) is 6.36. The third-order valence-electron chi connectivity index (χ3n) is 4.33. The summed E-state index contributed by atoms with van der Waals surface area (Å²) < 4.78 is 4.78. The van der Waals surface area contributed by atoms with Gasteiger partial charge < -0.3 is 9.64 Å². The fraction of sp³-hybridized carbons (Fsp3) is 0.833. The standard InChI is InChI=1S/C12H18N2O3/c1-17-12(16)8-4-5-10-13-6-2-3-9(13)11(15)14(10)7-8/h8-10H,2-7H2,1H3/t8-,9+,10+/m1/s1. The number of amides is 1. The van der Waals surface area contributed by atoms with Gasteiger partial charge in [-0.2, -0.15) is 0 Å².